The Bertz CT molecular complexity index is 1020. The van der Waals surface area contributed by atoms with Gasteiger partial charge in [0.05, 0.1) is 16.8 Å². The van der Waals surface area contributed by atoms with Crippen molar-refractivity contribution < 1.29 is 9.90 Å². The molecule has 1 saturated heterocycles. The summed E-state index contributed by atoms with van der Waals surface area (Å²) in [4.78, 5) is 25.9. The van der Waals surface area contributed by atoms with Gasteiger partial charge in [-0.15, -0.1) is 11.3 Å². The average Bonchev–Trinajstić information content (AvgIpc) is 3.17. The van der Waals surface area contributed by atoms with E-state index in [9.17, 15) is 14.7 Å². The molecule has 4 rings (SSSR count). The monoisotopic (exact) mass is 383 g/mol. The lowest BCUT2D eigenvalue weighted by Crippen LogP contribution is -2.46. The molecule has 2 aromatic heterocycles. The molecule has 140 valence electrons. The van der Waals surface area contributed by atoms with Gasteiger partial charge < -0.3 is 9.67 Å². The molecule has 1 aliphatic heterocycles. The minimum Gasteiger partial charge on any atom is -0.505 e. The van der Waals surface area contributed by atoms with Crippen LogP contribution in [0.1, 0.15) is 35.2 Å². The third-order valence-electron chi connectivity index (χ3n) is 4.87. The molecular formula is C20H21N3O3S. The number of carbonyl (C=O) groups is 1. The van der Waals surface area contributed by atoms with E-state index in [0.717, 1.165) is 37.9 Å². The number of carbonyl (C=O) groups excluding carboxylic acids is 1. The van der Waals surface area contributed by atoms with Crippen molar-refractivity contribution in [1.29, 1.82) is 0 Å². The molecule has 0 radical (unpaired) electrons. The summed E-state index contributed by atoms with van der Waals surface area (Å²) in [5.41, 5.74) is 3.72. The molecule has 1 aromatic carbocycles. The summed E-state index contributed by atoms with van der Waals surface area (Å²) >= 11 is 1.32. The summed E-state index contributed by atoms with van der Waals surface area (Å²) in [5.74, 6) is -0.777. The highest BCUT2D eigenvalue weighted by Gasteiger charge is 2.25. The number of nitrogens with one attached hydrogen (secondary N) is 1. The molecule has 0 saturated carbocycles. The van der Waals surface area contributed by atoms with Crippen molar-refractivity contribution in [3.05, 3.63) is 63.3 Å². The van der Waals surface area contributed by atoms with Crippen molar-refractivity contribution in [2.45, 2.75) is 25.8 Å². The number of amides is 1. The van der Waals surface area contributed by atoms with Crippen LogP contribution in [0.2, 0.25) is 0 Å². The van der Waals surface area contributed by atoms with Gasteiger partial charge >= 0.3 is 0 Å². The number of thiophene rings is 1. The van der Waals surface area contributed by atoms with E-state index in [4.69, 9.17) is 0 Å². The molecule has 0 spiro atoms. The number of fused-ring (bicyclic) bond motifs is 1. The van der Waals surface area contributed by atoms with Gasteiger partial charge in [0.15, 0.2) is 5.75 Å². The number of aromatic hydroxyl groups is 1. The zero-order chi connectivity index (χ0) is 18.8. The molecule has 7 heteroatoms. The third-order valence-corrected chi connectivity index (χ3v) is 5.78. The Kier molecular flexibility index (Phi) is 4.96. The minimum atomic E-state index is -0.545. The lowest BCUT2D eigenvalue weighted by molar-refractivity contribution is 0.0745. The van der Waals surface area contributed by atoms with E-state index in [1.807, 2.05) is 40.7 Å². The topological polar surface area (TPSA) is 74.6 Å². The maximum absolute atomic E-state index is 13.1. The normalized spacial score (nSPS) is 15.1. The average molecular weight is 383 g/mol. The van der Waals surface area contributed by atoms with Crippen LogP contribution in [0.5, 0.6) is 5.75 Å². The Morgan fingerprint density at radius 3 is 2.59 bits per heavy atom. The van der Waals surface area contributed by atoms with Crippen molar-refractivity contribution in [3.63, 3.8) is 0 Å². The quantitative estimate of drug-likeness (QED) is 0.726. The Morgan fingerprint density at radius 2 is 1.85 bits per heavy atom. The van der Waals surface area contributed by atoms with E-state index in [1.54, 1.807) is 10.6 Å². The fourth-order valence-corrected chi connectivity index (χ4v) is 4.33. The van der Waals surface area contributed by atoms with Crippen LogP contribution in [-0.4, -0.2) is 33.7 Å². The number of pyridine rings is 1. The predicted molar refractivity (Wildman–Crippen MR) is 106 cm³/mol. The van der Waals surface area contributed by atoms with Gasteiger partial charge in [-0.25, -0.2) is 5.01 Å². The lowest BCUT2D eigenvalue weighted by atomic mass is 10.1. The summed E-state index contributed by atoms with van der Waals surface area (Å²) in [6.07, 6.45) is 3.16. The zero-order valence-corrected chi connectivity index (χ0v) is 15.7. The Labute approximate surface area is 160 Å². The number of nitrogens with zero attached hydrogens (tertiary/aromatic N) is 2. The standard InChI is InChI=1S/C20H21N3O3S/c24-17-16(19(25)21-22-10-5-2-6-11-22)20(26)23(15-9-12-27-18(15)17)13-14-7-3-1-4-8-14/h1,3-4,7-9,12,24H,2,5-6,10-11,13H2,(H,21,25). The van der Waals surface area contributed by atoms with E-state index in [2.05, 4.69) is 5.43 Å². The van der Waals surface area contributed by atoms with Crippen LogP contribution >= 0.6 is 11.3 Å². The van der Waals surface area contributed by atoms with Gasteiger partial charge in [0, 0.05) is 13.1 Å². The molecule has 3 aromatic rings. The number of hydrogen-bond donors (Lipinski definition) is 2. The summed E-state index contributed by atoms with van der Waals surface area (Å²) < 4.78 is 2.11. The molecule has 0 aliphatic carbocycles. The second-order valence-corrected chi connectivity index (χ2v) is 7.64. The first-order valence-electron chi connectivity index (χ1n) is 9.08. The summed E-state index contributed by atoms with van der Waals surface area (Å²) in [6.45, 7) is 1.86. The number of benzene rings is 1. The van der Waals surface area contributed by atoms with Gasteiger partial charge in [-0.3, -0.25) is 15.0 Å². The van der Waals surface area contributed by atoms with Crippen molar-refractivity contribution in [1.82, 2.24) is 15.0 Å². The predicted octanol–water partition coefficient (Wildman–Crippen LogP) is 2.95. The SMILES string of the molecule is O=C(NN1CCCCC1)c1c(O)c2sccc2n(Cc2ccccc2)c1=O. The van der Waals surface area contributed by atoms with E-state index in [1.165, 1.54) is 11.3 Å². The van der Waals surface area contributed by atoms with E-state index in [0.29, 0.717) is 16.8 Å². The van der Waals surface area contributed by atoms with Crippen molar-refractivity contribution in [2.75, 3.05) is 13.1 Å². The molecule has 6 nitrogen and oxygen atoms in total. The molecule has 1 fully saturated rings. The second-order valence-electron chi connectivity index (χ2n) is 6.72. The smallest absolute Gasteiger partial charge is 0.275 e. The van der Waals surface area contributed by atoms with E-state index < -0.39 is 11.5 Å². The highest BCUT2D eigenvalue weighted by molar-refractivity contribution is 7.17. The number of aromatic nitrogens is 1. The zero-order valence-electron chi connectivity index (χ0n) is 14.9. The highest BCUT2D eigenvalue weighted by atomic mass is 32.1. The highest BCUT2D eigenvalue weighted by Crippen LogP contribution is 2.31. The van der Waals surface area contributed by atoms with Crippen molar-refractivity contribution >= 4 is 27.5 Å². The van der Waals surface area contributed by atoms with Gasteiger partial charge in [0.1, 0.15) is 5.56 Å². The molecule has 2 N–H and O–H groups in total. The van der Waals surface area contributed by atoms with Crippen LogP contribution < -0.4 is 11.0 Å². The molecule has 0 unspecified atom stereocenters. The molecular weight excluding hydrogens is 362 g/mol. The first-order valence-corrected chi connectivity index (χ1v) is 9.96. The van der Waals surface area contributed by atoms with Crippen LogP contribution in [0.4, 0.5) is 0 Å². The van der Waals surface area contributed by atoms with E-state index >= 15 is 0 Å². The third kappa shape index (κ3) is 3.48. The van der Waals surface area contributed by atoms with Crippen molar-refractivity contribution in [2.24, 2.45) is 0 Å². The largest absolute Gasteiger partial charge is 0.505 e. The molecule has 0 atom stereocenters. The van der Waals surface area contributed by atoms with Gasteiger partial charge in [0.2, 0.25) is 0 Å². The number of piperidine rings is 1. The number of rotatable bonds is 4. The van der Waals surface area contributed by atoms with Crippen LogP contribution in [0.15, 0.2) is 46.6 Å². The Morgan fingerprint density at radius 1 is 1.11 bits per heavy atom. The van der Waals surface area contributed by atoms with Crippen LogP contribution in [0.3, 0.4) is 0 Å². The molecule has 27 heavy (non-hydrogen) atoms. The Hall–Kier alpha value is -2.64. The van der Waals surface area contributed by atoms with Gasteiger partial charge in [-0.1, -0.05) is 36.8 Å². The van der Waals surface area contributed by atoms with E-state index in [-0.39, 0.29) is 11.3 Å². The second kappa shape index (κ2) is 7.54. The summed E-state index contributed by atoms with van der Waals surface area (Å²) in [5, 5.41) is 14.3. The van der Waals surface area contributed by atoms with Gasteiger partial charge in [-0.2, -0.15) is 0 Å². The first-order chi connectivity index (χ1) is 13.1. The van der Waals surface area contributed by atoms with Gasteiger partial charge in [0.25, 0.3) is 11.5 Å². The summed E-state index contributed by atoms with van der Waals surface area (Å²) in [7, 11) is 0. The molecule has 0 bridgehead atoms. The fourth-order valence-electron chi connectivity index (χ4n) is 3.48. The Balaban J connectivity index is 1.76. The van der Waals surface area contributed by atoms with Crippen LogP contribution in [-0.2, 0) is 6.54 Å². The summed E-state index contributed by atoms with van der Waals surface area (Å²) in [6, 6.07) is 11.4. The fraction of sp³-hybridized carbons (Fsp3) is 0.300. The van der Waals surface area contributed by atoms with Crippen molar-refractivity contribution in [3.8, 4) is 5.75 Å². The lowest BCUT2D eigenvalue weighted by Gasteiger charge is -2.26. The maximum atomic E-state index is 13.1. The number of hydrazine groups is 1. The molecule has 1 aliphatic rings. The molecule has 3 heterocycles. The maximum Gasteiger partial charge on any atom is 0.275 e. The van der Waals surface area contributed by atoms with Crippen LogP contribution in [0.25, 0.3) is 10.2 Å². The minimum absolute atomic E-state index is 0.188. The number of hydrogen-bond acceptors (Lipinski definition) is 5. The first kappa shape index (κ1) is 17.8. The van der Waals surface area contributed by atoms with Gasteiger partial charge in [-0.05, 0) is 29.9 Å². The molecule has 1 amide bonds. The van der Waals surface area contributed by atoms with Crippen LogP contribution in [0, 0.1) is 0 Å².